The topological polar surface area (TPSA) is 130 Å². The van der Waals surface area contributed by atoms with Gasteiger partial charge in [-0.25, -0.2) is 0 Å². The Balaban J connectivity index is 2.16. The summed E-state index contributed by atoms with van der Waals surface area (Å²) in [5.41, 5.74) is -0.461. The van der Waals surface area contributed by atoms with Crippen LogP contribution in [0.25, 0.3) is 10.2 Å². The van der Waals surface area contributed by atoms with Gasteiger partial charge in [-0.15, -0.1) is 0 Å². The maximum Gasteiger partial charge on any atom is 0.280 e. The maximum absolute atomic E-state index is 12.7. The smallest absolute Gasteiger partial charge is 0.280 e. The molecule has 0 aliphatic heterocycles. The van der Waals surface area contributed by atoms with Crippen LogP contribution in [0.5, 0.6) is 5.75 Å². The van der Waals surface area contributed by atoms with E-state index in [0.717, 1.165) is 34.8 Å². The Morgan fingerprint density at radius 3 is 2.34 bits per heavy atom. The molecule has 11 heteroatoms. The molecule has 1 heterocycles. The van der Waals surface area contributed by atoms with Crippen molar-refractivity contribution in [3.8, 4) is 5.75 Å². The number of non-ortho nitro benzene ring substituents is 2. The van der Waals surface area contributed by atoms with E-state index in [1.165, 1.54) is 11.3 Å². The molecular formula is C18H16N4O6S. The Morgan fingerprint density at radius 2 is 1.79 bits per heavy atom. The van der Waals surface area contributed by atoms with Crippen LogP contribution in [0.1, 0.15) is 23.7 Å². The number of hydrogen-bond acceptors (Lipinski definition) is 7. The van der Waals surface area contributed by atoms with E-state index in [2.05, 4.69) is 4.99 Å². The number of carbonyl (C=O) groups excluding carboxylic acids is 1. The van der Waals surface area contributed by atoms with Crippen molar-refractivity contribution in [2.24, 2.45) is 4.99 Å². The molecular weight excluding hydrogens is 400 g/mol. The number of fused-ring (bicyclic) bond motifs is 1. The summed E-state index contributed by atoms with van der Waals surface area (Å²) in [5.74, 6) is -0.132. The Hall–Kier alpha value is -3.60. The van der Waals surface area contributed by atoms with Gasteiger partial charge in [0.15, 0.2) is 4.80 Å². The van der Waals surface area contributed by atoms with E-state index >= 15 is 0 Å². The lowest BCUT2D eigenvalue weighted by molar-refractivity contribution is -0.394. The first-order chi connectivity index (χ1) is 13.8. The number of rotatable bonds is 6. The molecule has 1 aromatic heterocycles. The van der Waals surface area contributed by atoms with Gasteiger partial charge in [0.2, 0.25) is 0 Å². The third-order valence-corrected chi connectivity index (χ3v) is 5.16. The highest BCUT2D eigenvalue weighted by molar-refractivity contribution is 7.16. The van der Waals surface area contributed by atoms with Gasteiger partial charge < -0.3 is 9.30 Å². The molecule has 3 rings (SSSR count). The molecule has 0 fully saturated rings. The molecule has 29 heavy (non-hydrogen) atoms. The van der Waals surface area contributed by atoms with Gasteiger partial charge in [0.05, 0.1) is 38.8 Å². The Labute approximate surface area is 168 Å². The average Bonchev–Trinajstić information content (AvgIpc) is 3.04. The van der Waals surface area contributed by atoms with Crippen molar-refractivity contribution in [1.29, 1.82) is 0 Å². The number of carbonyl (C=O) groups is 1. The summed E-state index contributed by atoms with van der Waals surface area (Å²) in [4.78, 5) is 37.7. The quantitative estimate of drug-likeness (QED) is 0.445. The molecule has 150 valence electrons. The van der Waals surface area contributed by atoms with Crippen LogP contribution in [-0.4, -0.2) is 27.4 Å². The fourth-order valence-electron chi connectivity index (χ4n) is 2.78. The lowest BCUT2D eigenvalue weighted by Gasteiger charge is -2.04. The van der Waals surface area contributed by atoms with Crippen molar-refractivity contribution in [2.45, 2.75) is 19.9 Å². The van der Waals surface area contributed by atoms with Crippen LogP contribution in [0.15, 0.2) is 41.4 Å². The molecule has 0 aliphatic carbocycles. The number of nitro benzene ring substituents is 2. The van der Waals surface area contributed by atoms with Gasteiger partial charge in [-0.05, 0) is 18.6 Å². The molecule has 2 aromatic carbocycles. The summed E-state index contributed by atoms with van der Waals surface area (Å²) in [6.07, 6.45) is 0.784. The van der Waals surface area contributed by atoms with Crippen molar-refractivity contribution in [1.82, 2.24) is 4.57 Å². The molecule has 3 aromatic rings. The number of benzene rings is 2. The molecule has 0 bridgehead atoms. The minimum Gasteiger partial charge on any atom is -0.497 e. The largest absolute Gasteiger partial charge is 0.497 e. The van der Waals surface area contributed by atoms with Crippen LogP contribution in [0.2, 0.25) is 0 Å². The summed E-state index contributed by atoms with van der Waals surface area (Å²) in [5, 5.41) is 22.1. The normalized spacial score (nSPS) is 11.6. The number of nitrogens with zero attached hydrogens (tertiary/aromatic N) is 4. The van der Waals surface area contributed by atoms with E-state index in [1.807, 2.05) is 23.6 Å². The van der Waals surface area contributed by atoms with Crippen LogP contribution in [0.3, 0.4) is 0 Å². The highest BCUT2D eigenvalue weighted by Gasteiger charge is 2.20. The molecule has 1 amide bonds. The Kier molecular flexibility index (Phi) is 5.69. The van der Waals surface area contributed by atoms with Crippen LogP contribution in [0.4, 0.5) is 11.4 Å². The average molecular weight is 416 g/mol. The zero-order valence-corrected chi connectivity index (χ0v) is 16.3. The van der Waals surface area contributed by atoms with Gasteiger partial charge in [0.25, 0.3) is 17.3 Å². The summed E-state index contributed by atoms with van der Waals surface area (Å²) in [7, 11) is 1.56. The zero-order chi connectivity index (χ0) is 21.1. The molecule has 0 N–H and O–H groups in total. The van der Waals surface area contributed by atoms with Gasteiger partial charge >= 0.3 is 0 Å². The molecule has 10 nitrogen and oxygen atoms in total. The van der Waals surface area contributed by atoms with E-state index in [9.17, 15) is 25.0 Å². The Bertz CT molecular complexity index is 1160. The maximum atomic E-state index is 12.7. The van der Waals surface area contributed by atoms with Crippen molar-refractivity contribution in [3.63, 3.8) is 0 Å². The molecule has 0 atom stereocenters. The number of ether oxygens (including phenoxy) is 1. The number of aromatic nitrogens is 1. The molecule has 0 aliphatic rings. The minimum absolute atomic E-state index is 0.219. The number of nitro groups is 2. The molecule has 0 radical (unpaired) electrons. The standard InChI is InChI=1S/C18H16N4O6S/c1-3-6-20-15-10-14(28-2)4-5-16(15)29-18(20)19-17(23)11-7-12(21(24)25)9-13(8-11)22(26)27/h4-5,7-10H,3,6H2,1-2H3. The highest BCUT2D eigenvalue weighted by atomic mass is 32.1. The Morgan fingerprint density at radius 1 is 1.14 bits per heavy atom. The molecule has 0 spiro atoms. The van der Waals surface area contributed by atoms with Crippen LogP contribution < -0.4 is 9.54 Å². The van der Waals surface area contributed by atoms with Crippen LogP contribution >= 0.6 is 11.3 Å². The van der Waals surface area contributed by atoms with E-state index in [4.69, 9.17) is 4.74 Å². The molecule has 0 saturated carbocycles. The first-order valence-corrected chi connectivity index (χ1v) is 9.36. The number of methoxy groups -OCH3 is 1. The zero-order valence-electron chi connectivity index (χ0n) is 15.5. The van der Waals surface area contributed by atoms with E-state index in [0.29, 0.717) is 17.1 Å². The van der Waals surface area contributed by atoms with Crippen LogP contribution in [-0.2, 0) is 6.54 Å². The van der Waals surface area contributed by atoms with Crippen molar-refractivity contribution >= 4 is 38.8 Å². The van der Waals surface area contributed by atoms with Gasteiger partial charge in [-0.1, -0.05) is 18.3 Å². The summed E-state index contributed by atoms with van der Waals surface area (Å²) in [6.45, 7) is 2.57. The third kappa shape index (κ3) is 4.14. The second kappa shape index (κ2) is 8.19. The van der Waals surface area contributed by atoms with Gasteiger partial charge in [0, 0.05) is 24.7 Å². The van der Waals surface area contributed by atoms with Gasteiger partial charge in [0.1, 0.15) is 5.75 Å². The van der Waals surface area contributed by atoms with Crippen LogP contribution in [0, 0.1) is 20.2 Å². The lowest BCUT2D eigenvalue weighted by Crippen LogP contribution is -2.17. The SMILES string of the molecule is CCCn1c(=NC(=O)c2cc([N+](=O)[O-])cc([N+](=O)[O-])c2)sc2ccc(OC)cc21. The van der Waals surface area contributed by atoms with Crippen molar-refractivity contribution in [3.05, 3.63) is 67.0 Å². The second-order valence-electron chi connectivity index (χ2n) is 6.04. The van der Waals surface area contributed by atoms with Crippen molar-refractivity contribution < 1.29 is 19.4 Å². The number of thiazole rings is 1. The highest BCUT2D eigenvalue weighted by Crippen LogP contribution is 2.25. The van der Waals surface area contributed by atoms with E-state index in [-0.39, 0.29) is 5.56 Å². The fourth-order valence-corrected chi connectivity index (χ4v) is 3.82. The predicted octanol–water partition coefficient (Wildman–Crippen LogP) is 3.68. The minimum atomic E-state index is -0.792. The third-order valence-electron chi connectivity index (χ3n) is 4.10. The summed E-state index contributed by atoms with van der Waals surface area (Å²) in [6, 6.07) is 8.26. The first-order valence-electron chi connectivity index (χ1n) is 8.54. The first kappa shape index (κ1) is 20.1. The predicted molar refractivity (Wildman–Crippen MR) is 106 cm³/mol. The molecule has 0 unspecified atom stereocenters. The summed E-state index contributed by atoms with van der Waals surface area (Å²) >= 11 is 1.28. The number of hydrogen-bond donors (Lipinski definition) is 0. The fraction of sp³-hybridized carbons (Fsp3) is 0.222. The number of aryl methyl sites for hydroxylation is 1. The second-order valence-corrected chi connectivity index (χ2v) is 7.05. The van der Waals surface area contributed by atoms with E-state index in [1.54, 1.807) is 13.2 Å². The van der Waals surface area contributed by atoms with Gasteiger partial charge in [-0.3, -0.25) is 25.0 Å². The summed E-state index contributed by atoms with van der Waals surface area (Å²) < 4.78 is 7.99. The monoisotopic (exact) mass is 416 g/mol. The van der Waals surface area contributed by atoms with Crippen molar-refractivity contribution in [2.75, 3.05) is 7.11 Å². The molecule has 0 saturated heterocycles. The lowest BCUT2D eigenvalue weighted by atomic mass is 10.1. The van der Waals surface area contributed by atoms with Gasteiger partial charge in [-0.2, -0.15) is 4.99 Å². The number of amides is 1. The van der Waals surface area contributed by atoms with E-state index < -0.39 is 27.1 Å².